The summed E-state index contributed by atoms with van der Waals surface area (Å²) in [6.07, 6.45) is 2.24. The molecule has 0 spiro atoms. The third kappa shape index (κ3) is 2.41. The lowest BCUT2D eigenvalue weighted by Gasteiger charge is -2.15. The molecule has 2 N–H and O–H groups in total. The Hall–Kier alpha value is -0.960. The predicted molar refractivity (Wildman–Crippen MR) is 65.5 cm³/mol. The van der Waals surface area contributed by atoms with Crippen LogP contribution in [0.2, 0.25) is 0 Å². The minimum atomic E-state index is -3.50. The zero-order valence-electron chi connectivity index (χ0n) is 10.5. The fraction of sp³-hybridized carbons (Fsp3) is 0.700. The summed E-state index contributed by atoms with van der Waals surface area (Å²) < 4.78 is 31.5. The van der Waals surface area contributed by atoms with Gasteiger partial charge in [0.05, 0.1) is 12.3 Å². The summed E-state index contributed by atoms with van der Waals surface area (Å²) in [5.74, 6) is 0. The predicted octanol–water partition coefficient (Wildman–Crippen LogP) is -0.461. The Kier molecular flexibility index (Phi) is 4.00. The highest BCUT2D eigenvalue weighted by atomic mass is 32.2. The molecule has 8 heteroatoms. The molecular weight excluding hydrogens is 256 g/mol. The molecule has 2 rings (SSSR count). The third-order valence-electron chi connectivity index (χ3n) is 3.08. The van der Waals surface area contributed by atoms with Crippen molar-refractivity contribution in [3.8, 4) is 0 Å². The van der Waals surface area contributed by atoms with Crippen molar-refractivity contribution in [2.75, 3.05) is 27.2 Å². The number of H-pyrrole nitrogens is 1. The quantitative estimate of drug-likeness (QED) is 0.758. The Balaban J connectivity index is 2.23. The number of nitrogens with zero attached hydrogens (tertiary/aromatic N) is 2. The van der Waals surface area contributed by atoms with Gasteiger partial charge in [0.2, 0.25) is 0 Å². The number of aromatic amines is 1. The molecule has 18 heavy (non-hydrogen) atoms. The second kappa shape index (κ2) is 5.35. The van der Waals surface area contributed by atoms with E-state index >= 15 is 0 Å². The minimum absolute atomic E-state index is 0.0181. The van der Waals surface area contributed by atoms with Crippen molar-refractivity contribution in [1.29, 1.82) is 0 Å². The van der Waals surface area contributed by atoms with E-state index < -0.39 is 10.0 Å². The topological polar surface area (TPSA) is 87.3 Å². The van der Waals surface area contributed by atoms with Crippen molar-refractivity contribution < 1.29 is 13.2 Å². The number of hydrogen-bond donors (Lipinski definition) is 2. The Morgan fingerprint density at radius 3 is 3.06 bits per heavy atom. The molecule has 1 aromatic heterocycles. The lowest BCUT2D eigenvalue weighted by molar-refractivity contribution is 0.115. The number of ether oxygens (including phenoxy) is 1. The number of nitrogens with one attached hydrogen (secondary N) is 2. The van der Waals surface area contributed by atoms with E-state index in [0.29, 0.717) is 25.2 Å². The molecule has 0 saturated carbocycles. The van der Waals surface area contributed by atoms with Crippen LogP contribution >= 0.6 is 0 Å². The van der Waals surface area contributed by atoms with Crippen LogP contribution in [0.15, 0.2) is 11.2 Å². The number of sulfonamides is 1. The first-order valence-electron chi connectivity index (χ1n) is 5.79. The molecule has 0 radical (unpaired) electrons. The summed E-state index contributed by atoms with van der Waals surface area (Å²) in [6.45, 7) is 1.35. The van der Waals surface area contributed by atoms with Crippen molar-refractivity contribution in [3.05, 3.63) is 11.8 Å². The average Bonchev–Trinajstić information content (AvgIpc) is 2.97. The van der Waals surface area contributed by atoms with Gasteiger partial charge in [0.15, 0.2) is 5.03 Å². The molecule has 1 aliphatic rings. The number of methoxy groups -OCH3 is 1. The molecule has 1 unspecified atom stereocenters. The van der Waals surface area contributed by atoms with Gasteiger partial charge in [0.25, 0.3) is 10.0 Å². The van der Waals surface area contributed by atoms with Crippen LogP contribution in [-0.4, -0.2) is 56.3 Å². The van der Waals surface area contributed by atoms with Gasteiger partial charge in [0, 0.05) is 32.3 Å². The fourth-order valence-corrected chi connectivity index (χ4v) is 3.67. The molecule has 0 bridgehead atoms. The molecule has 0 amide bonds. The van der Waals surface area contributed by atoms with Gasteiger partial charge in [-0.05, 0) is 13.5 Å². The van der Waals surface area contributed by atoms with Crippen molar-refractivity contribution in [2.24, 2.45) is 0 Å². The molecule has 1 fully saturated rings. The zero-order chi connectivity index (χ0) is 13.2. The van der Waals surface area contributed by atoms with E-state index in [0.717, 1.165) is 6.42 Å². The summed E-state index contributed by atoms with van der Waals surface area (Å²) in [5, 5.41) is 9.50. The molecule has 0 aliphatic carbocycles. The fourth-order valence-electron chi connectivity index (χ4n) is 2.08. The van der Waals surface area contributed by atoms with E-state index in [4.69, 9.17) is 4.74 Å². The summed E-state index contributed by atoms with van der Waals surface area (Å²) in [5.41, 5.74) is 0.651. The van der Waals surface area contributed by atoms with Crippen LogP contribution in [0.25, 0.3) is 0 Å². The highest BCUT2D eigenvalue weighted by Crippen LogP contribution is 2.23. The van der Waals surface area contributed by atoms with Crippen LogP contribution in [0, 0.1) is 0 Å². The monoisotopic (exact) mass is 274 g/mol. The molecular formula is C10H18N4O3S. The van der Waals surface area contributed by atoms with Crippen molar-refractivity contribution in [3.63, 3.8) is 0 Å². The first kappa shape index (κ1) is 13.5. The van der Waals surface area contributed by atoms with Crippen LogP contribution in [0.3, 0.4) is 0 Å². The average molecular weight is 274 g/mol. The largest absolute Gasteiger partial charge is 0.380 e. The Bertz CT molecular complexity index is 499. The smallest absolute Gasteiger partial charge is 0.260 e. The molecule has 2 heterocycles. The Labute approximate surface area is 107 Å². The van der Waals surface area contributed by atoms with Crippen LogP contribution in [0.5, 0.6) is 0 Å². The lowest BCUT2D eigenvalue weighted by atomic mass is 10.3. The van der Waals surface area contributed by atoms with Crippen molar-refractivity contribution >= 4 is 10.0 Å². The van der Waals surface area contributed by atoms with Gasteiger partial charge in [-0.15, -0.1) is 0 Å². The van der Waals surface area contributed by atoms with Gasteiger partial charge in [0.1, 0.15) is 0 Å². The van der Waals surface area contributed by atoms with E-state index in [1.807, 2.05) is 0 Å². The highest BCUT2D eigenvalue weighted by Gasteiger charge is 2.34. The van der Waals surface area contributed by atoms with Crippen LogP contribution < -0.4 is 5.32 Å². The molecule has 0 aromatic carbocycles. The molecule has 102 valence electrons. The highest BCUT2D eigenvalue weighted by molar-refractivity contribution is 7.89. The van der Waals surface area contributed by atoms with E-state index in [1.54, 1.807) is 14.2 Å². The van der Waals surface area contributed by atoms with Crippen molar-refractivity contribution in [1.82, 2.24) is 19.8 Å². The third-order valence-corrected chi connectivity index (χ3v) is 4.97. The second-order valence-electron chi connectivity index (χ2n) is 4.26. The molecule has 1 saturated heterocycles. The normalized spacial score (nSPS) is 21.6. The first-order valence-corrected chi connectivity index (χ1v) is 7.23. The zero-order valence-corrected chi connectivity index (χ0v) is 11.3. The maximum Gasteiger partial charge on any atom is 0.260 e. The van der Waals surface area contributed by atoms with Crippen LogP contribution in [0.1, 0.15) is 12.0 Å². The number of hydrogen-bond acceptors (Lipinski definition) is 5. The van der Waals surface area contributed by atoms with E-state index in [9.17, 15) is 8.42 Å². The van der Waals surface area contributed by atoms with E-state index in [2.05, 4.69) is 15.5 Å². The summed E-state index contributed by atoms with van der Waals surface area (Å²) in [4.78, 5) is 0. The van der Waals surface area contributed by atoms with Gasteiger partial charge in [-0.25, -0.2) is 8.42 Å². The van der Waals surface area contributed by atoms with Gasteiger partial charge in [-0.1, -0.05) is 0 Å². The maximum absolute atomic E-state index is 12.4. The Morgan fingerprint density at radius 1 is 1.67 bits per heavy atom. The minimum Gasteiger partial charge on any atom is -0.380 e. The molecule has 1 aliphatic heterocycles. The van der Waals surface area contributed by atoms with Crippen molar-refractivity contribution in [2.45, 2.75) is 24.1 Å². The van der Waals surface area contributed by atoms with E-state index in [1.165, 1.54) is 10.5 Å². The van der Waals surface area contributed by atoms with Gasteiger partial charge >= 0.3 is 0 Å². The van der Waals surface area contributed by atoms with Crippen LogP contribution in [-0.2, 0) is 21.3 Å². The molecule has 1 atom stereocenters. The van der Waals surface area contributed by atoms with Gasteiger partial charge < -0.3 is 10.1 Å². The summed E-state index contributed by atoms with van der Waals surface area (Å²) in [6, 6.07) is 0. The maximum atomic E-state index is 12.4. The number of rotatable bonds is 5. The Morgan fingerprint density at radius 2 is 2.44 bits per heavy atom. The molecule has 1 aromatic rings. The summed E-state index contributed by atoms with van der Waals surface area (Å²) >= 11 is 0. The van der Waals surface area contributed by atoms with Gasteiger partial charge in [-0.3, -0.25) is 5.10 Å². The number of aromatic nitrogens is 2. The van der Waals surface area contributed by atoms with E-state index in [-0.39, 0.29) is 11.1 Å². The standard InChI is InChI=1S/C10H18N4O3S/c1-11-5-8-6-12-13-10(8)18(15,16)14-4-3-9(7-14)17-2/h6,9,11H,3-5,7H2,1-2H3,(H,12,13). The first-order chi connectivity index (χ1) is 8.59. The summed E-state index contributed by atoms with van der Waals surface area (Å²) in [7, 11) is -0.131. The van der Waals surface area contributed by atoms with Crippen LogP contribution in [0.4, 0.5) is 0 Å². The lowest BCUT2D eigenvalue weighted by Crippen LogP contribution is -2.31. The van der Waals surface area contributed by atoms with Gasteiger partial charge in [-0.2, -0.15) is 9.40 Å². The molecule has 7 nitrogen and oxygen atoms in total. The SMILES string of the molecule is CNCc1cn[nH]c1S(=O)(=O)N1CCC(OC)C1. The second-order valence-corrected chi connectivity index (χ2v) is 6.14.